The van der Waals surface area contributed by atoms with Gasteiger partial charge in [-0.25, -0.2) is 0 Å². The molecule has 1 fully saturated rings. The Balaban J connectivity index is 1.96. The molecule has 3 atom stereocenters. The number of nitrogens with zero attached hydrogens (tertiary/aromatic N) is 3. The summed E-state index contributed by atoms with van der Waals surface area (Å²) in [4.78, 5) is 6.93. The van der Waals surface area contributed by atoms with Gasteiger partial charge in [-0.15, -0.1) is 0 Å². The number of piperazine rings is 1. The van der Waals surface area contributed by atoms with Crippen molar-refractivity contribution in [3.63, 3.8) is 0 Å². The Kier molecular flexibility index (Phi) is 5.76. The Morgan fingerprint density at radius 3 is 2.71 bits per heavy atom. The molecule has 0 saturated carbocycles. The van der Waals surface area contributed by atoms with Crippen molar-refractivity contribution in [3.05, 3.63) is 11.7 Å². The van der Waals surface area contributed by atoms with Crippen LogP contribution in [0.25, 0.3) is 0 Å². The van der Waals surface area contributed by atoms with Crippen molar-refractivity contribution in [3.8, 4) is 0 Å². The number of rotatable bonds is 6. The minimum absolute atomic E-state index is 0.594. The number of aromatic nitrogens is 2. The van der Waals surface area contributed by atoms with Crippen molar-refractivity contribution in [1.82, 2.24) is 20.4 Å². The third-order valence-corrected chi connectivity index (χ3v) is 4.78. The first-order chi connectivity index (χ1) is 10.0. The van der Waals surface area contributed by atoms with Crippen molar-refractivity contribution in [2.45, 2.75) is 59.5 Å². The summed E-state index contributed by atoms with van der Waals surface area (Å²) >= 11 is 0. The minimum atomic E-state index is 0.594. The fourth-order valence-corrected chi connectivity index (χ4v) is 3.12. The third-order valence-electron chi connectivity index (χ3n) is 4.78. The molecule has 1 aromatic rings. The summed E-state index contributed by atoms with van der Waals surface area (Å²) in [5.74, 6) is 2.85. The quantitative estimate of drug-likeness (QED) is 0.872. The number of aryl methyl sites for hydroxylation is 1. The van der Waals surface area contributed by atoms with Gasteiger partial charge in [0.2, 0.25) is 5.89 Å². The Bertz CT molecular complexity index is 432. The average Bonchev–Trinajstić information content (AvgIpc) is 2.89. The van der Waals surface area contributed by atoms with Gasteiger partial charge in [-0.1, -0.05) is 39.3 Å². The molecule has 0 amide bonds. The summed E-state index contributed by atoms with van der Waals surface area (Å²) in [6.45, 7) is 14.3. The summed E-state index contributed by atoms with van der Waals surface area (Å²) < 4.78 is 5.06. The van der Waals surface area contributed by atoms with E-state index in [1.54, 1.807) is 0 Å². The normalized spacial score (nSPS) is 25.4. The zero-order valence-corrected chi connectivity index (χ0v) is 14.1. The molecule has 2 heterocycles. The van der Waals surface area contributed by atoms with Crippen LogP contribution in [-0.4, -0.2) is 46.8 Å². The van der Waals surface area contributed by atoms with Gasteiger partial charge in [0.1, 0.15) is 0 Å². The lowest BCUT2D eigenvalue weighted by molar-refractivity contribution is 0.0825. The Labute approximate surface area is 128 Å². The van der Waals surface area contributed by atoms with Crippen LogP contribution in [-0.2, 0) is 6.42 Å². The van der Waals surface area contributed by atoms with Crippen LogP contribution in [0.3, 0.4) is 0 Å². The van der Waals surface area contributed by atoms with Gasteiger partial charge >= 0.3 is 0 Å². The van der Waals surface area contributed by atoms with Crippen molar-refractivity contribution < 1.29 is 4.52 Å². The Morgan fingerprint density at radius 2 is 2.14 bits per heavy atom. The topological polar surface area (TPSA) is 54.2 Å². The van der Waals surface area contributed by atoms with Crippen molar-refractivity contribution >= 4 is 0 Å². The monoisotopic (exact) mass is 294 g/mol. The maximum absolute atomic E-state index is 5.06. The van der Waals surface area contributed by atoms with E-state index in [1.165, 1.54) is 6.42 Å². The molecule has 0 aliphatic carbocycles. The summed E-state index contributed by atoms with van der Waals surface area (Å²) in [7, 11) is 0. The number of hydrogen-bond acceptors (Lipinski definition) is 5. The Morgan fingerprint density at radius 1 is 1.38 bits per heavy atom. The minimum Gasteiger partial charge on any atom is -0.340 e. The molecule has 0 spiro atoms. The molecule has 3 unspecified atom stereocenters. The summed E-state index contributed by atoms with van der Waals surface area (Å²) in [6.07, 6.45) is 2.09. The fourth-order valence-electron chi connectivity index (χ4n) is 3.12. The molecule has 5 heteroatoms. The van der Waals surface area contributed by atoms with E-state index in [1.807, 2.05) is 6.92 Å². The van der Waals surface area contributed by atoms with E-state index in [4.69, 9.17) is 4.52 Å². The molecule has 1 aromatic heterocycles. The van der Waals surface area contributed by atoms with Crippen LogP contribution in [0.5, 0.6) is 0 Å². The maximum Gasteiger partial charge on any atom is 0.223 e. The second-order valence-electron chi connectivity index (χ2n) is 6.69. The smallest absolute Gasteiger partial charge is 0.223 e. The van der Waals surface area contributed by atoms with Gasteiger partial charge in [0, 0.05) is 45.1 Å². The van der Waals surface area contributed by atoms with E-state index in [0.29, 0.717) is 29.8 Å². The molecule has 1 saturated heterocycles. The van der Waals surface area contributed by atoms with E-state index in [-0.39, 0.29) is 0 Å². The van der Waals surface area contributed by atoms with Crippen LogP contribution in [0.15, 0.2) is 4.52 Å². The molecule has 5 nitrogen and oxygen atoms in total. The fraction of sp³-hybridized carbons (Fsp3) is 0.875. The zero-order valence-electron chi connectivity index (χ0n) is 14.1. The van der Waals surface area contributed by atoms with Crippen molar-refractivity contribution in [1.29, 1.82) is 0 Å². The highest BCUT2D eigenvalue weighted by molar-refractivity contribution is 4.92. The summed E-state index contributed by atoms with van der Waals surface area (Å²) in [6, 6.07) is 1.19. The first-order valence-corrected chi connectivity index (χ1v) is 8.27. The van der Waals surface area contributed by atoms with Gasteiger partial charge in [-0.2, -0.15) is 4.98 Å². The first-order valence-electron chi connectivity index (χ1n) is 8.27. The van der Waals surface area contributed by atoms with Gasteiger partial charge in [-0.05, 0) is 11.8 Å². The standard InChI is InChI=1S/C16H30N4O/c1-6-12(4)14-10-20(15(9-17-14)11(2)3)8-7-16-18-13(5)21-19-16/h11-12,14-15,17H,6-10H2,1-5H3. The zero-order chi connectivity index (χ0) is 15.4. The van der Waals surface area contributed by atoms with Crippen LogP contribution >= 0.6 is 0 Å². The predicted octanol–water partition coefficient (Wildman–Crippen LogP) is 2.27. The molecule has 1 aliphatic rings. The highest BCUT2D eigenvalue weighted by Gasteiger charge is 2.31. The van der Waals surface area contributed by atoms with Gasteiger partial charge in [0.05, 0.1) is 0 Å². The Hall–Kier alpha value is -0.940. The predicted molar refractivity (Wildman–Crippen MR) is 84.2 cm³/mol. The summed E-state index contributed by atoms with van der Waals surface area (Å²) in [5, 5.41) is 7.75. The molecule has 120 valence electrons. The van der Waals surface area contributed by atoms with Crippen molar-refractivity contribution in [2.75, 3.05) is 19.6 Å². The van der Waals surface area contributed by atoms with Crippen molar-refractivity contribution in [2.24, 2.45) is 11.8 Å². The maximum atomic E-state index is 5.06. The molecule has 0 bridgehead atoms. The lowest BCUT2D eigenvalue weighted by atomic mass is 9.92. The second-order valence-corrected chi connectivity index (χ2v) is 6.69. The molecular formula is C16H30N4O. The average molecular weight is 294 g/mol. The lowest BCUT2D eigenvalue weighted by Gasteiger charge is -2.44. The van der Waals surface area contributed by atoms with Crippen LogP contribution in [0, 0.1) is 18.8 Å². The molecule has 0 radical (unpaired) electrons. The molecule has 1 N–H and O–H groups in total. The molecule has 21 heavy (non-hydrogen) atoms. The summed E-state index contributed by atoms with van der Waals surface area (Å²) in [5.41, 5.74) is 0. The number of nitrogens with one attached hydrogen (secondary N) is 1. The van der Waals surface area contributed by atoms with Gasteiger partial charge in [-0.3, -0.25) is 4.90 Å². The van der Waals surface area contributed by atoms with Gasteiger partial charge < -0.3 is 9.84 Å². The van der Waals surface area contributed by atoms with Crippen LogP contribution in [0.4, 0.5) is 0 Å². The lowest BCUT2D eigenvalue weighted by Crippen LogP contribution is -2.60. The van der Waals surface area contributed by atoms with Gasteiger partial charge in [0.25, 0.3) is 0 Å². The molecule has 0 aromatic carbocycles. The SMILES string of the molecule is CCC(C)C1CN(CCc2noc(C)n2)C(C(C)C)CN1. The largest absolute Gasteiger partial charge is 0.340 e. The van der Waals surface area contributed by atoms with Crippen LogP contribution in [0.2, 0.25) is 0 Å². The van der Waals surface area contributed by atoms with Crippen LogP contribution in [0.1, 0.15) is 45.8 Å². The molecular weight excluding hydrogens is 264 g/mol. The van der Waals surface area contributed by atoms with Gasteiger partial charge in [0.15, 0.2) is 5.82 Å². The molecule has 1 aliphatic heterocycles. The van der Waals surface area contributed by atoms with Crippen LogP contribution < -0.4 is 5.32 Å². The first kappa shape index (κ1) is 16.4. The number of hydrogen-bond donors (Lipinski definition) is 1. The van der Waals surface area contributed by atoms with E-state index in [2.05, 4.69) is 48.1 Å². The van der Waals surface area contributed by atoms with E-state index >= 15 is 0 Å². The highest BCUT2D eigenvalue weighted by atomic mass is 16.5. The van der Waals surface area contributed by atoms with E-state index < -0.39 is 0 Å². The van der Waals surface area contributed by atoms with E-state index in [9.17, 15) is 0 Å². The van der Waals surface area contributed by atoms with E-state index in [0.717, 1.165) is 31.9 Å². The molecule has 2 rings (SSSR count). The third kappa shape index (κ3) is 4.27. The second kappa shape index (κ2) is 7.36. The highest BCUT2D eigenvalue weighted by Crippen LogP contribution is 2.20.